The standard InChI is InChI=1S/C46H36BN3O2/c1-46(2,3)33-24-25-39(49-30-33)31-14-12-20-36(28-31)51-37-21-13-15-32(29-37)43-42-40(26-27-48-43)50(35-18-8-5-9-19-35)45-44(42)52-41-23-11-10-22-38(41)47(45)34-16-6-4-7-17-34/h4-30H,1-3H3. The summed E-state index contributed by atoms with van der Waals surface area (Å²) in [5, 5.41) is 0.959. The van der Waals surface area contributed by atoms with Gasteiger partial charge < -0.3 is 14.0 Å². The monoisotopic (exact) mass is 673 g/mol. The molecule has 5 nitrogen and oxygen atoms in total. The van der Waals surface area contributed by atoms with Crippen molar-refractivity contribution in [3.63, 3.8) is 0 Å². The number of rotatable bonds is 6. The lowest BCUT2D eigenvalue weighted by atomic mass is 9.37. The molecule has 0 saturated carbocycles. The third-order valence-corrected chi connectivity index (χ3v) is 9.84. The predicted octanol–water partition coefficient (Wildman–Crippen LogP) is 9.47. The average molecular weight is 674 g/mol. The second-order valence-corrected chi connectivity index (χ2v) is 14.3. The summed E-state index contributed by atoms with van der Waals surface area (Å²) in [4.78, 5) is 9.78. The molecule has 9 rings (SSSR count). The quantitative estimate of drug-likeness (QED) is 0.165. The summed E-state index contributed by atoms with van der Waals surface area (Å²) in [6.07, 6.45) is 3.86. The molecule has 6 heteroatoms. The maximum absolute atomic E-state index is 6.92. The number of benzene rings is 5. The van der Waals surface area contributed by atoms with E-state index in [9.17, 15) is 0 Å². The van der Waals surface area contributed by atoms with E-state index in [0.717, 1.165) is 67.4 Å². The van der Waals surface area contributed by atoms with Crippen LogP contribution in [0.25, 0.3) is 39.1 Å². The Bertz CT molecular complexity index is 2560. The van der Waals surface area contributed by atoms with E-state index in [1.807, 2.05) is 48.8 Å². The minimum absolute atomic E-state index is 0.0460. The second-order valence-electron chi connectivity index (χ2n) is 14.3. The molecule has 0 spiro atoms. The van der Waals surface area contributed by atoms with Gasteiger partial charge in [0.1, 0.15) is 23.0 Å². The summed E-state index contributed by atoms with van der Waals surface area (Å²) in [5.41, 5.74) is 10.4. The van der Waals surface area contributed by atoms with Crippen LogP contribution >= 0.6 is 0 Å². The second kappa shape index (κ2) is 12.7. The molecule has 8 aromatic rings. The van der Waals surface area contributed by atoms with Crippen LogP contribution in [0, 0.1) is 0 Å². The number of hydrogen-bond acceptors (Lipinski definition) is 4. The van der Waals surface area contributed by atoms with Gasteiger partial charge in [0.15, 0.2) is 0 Å². The number of ether oxygens (including phenoxy) is 2. The number of hydrogen-bond donors (Lipinski definition) is 0. The van der Waals surface area contributed by atoms with E-state index >= 15 is 0 Å². The van der Waals surface area contributed by atoms with E-state index in [4.69, 9.17) is 19.4 Å². The average Bonchev–Trinajstić information content (AvgIpc) is 3.51. The van der Waals surface area contributed by atoms with E-state index in [-0.39, 0.29) is 12.1 Å². The van der Waals surface area contributed by atoms with Crippen LogP contribution in [0.2, 0.25) is 0 Å². The summed E-state index contributed by atoms with van der Waals surface area (Å²) in [7, 11) is 0. The molecule has 0 bridgehead atoms. The normalized spacial score (nSPS) is 12.2. The molecule has 0 unspecified atom stereocenters. The lowest BCUT2D eigenvalue weighted by Gasteiger charge is -2.26. The van der Waals surface area contributed by atoms with Crippen molar-refractivity contribution in [3.05, 3.63) is 170 Å². The first-order valence-electron chi connectivity index (χ1n) is 17.7. The van der Waals surface area contributed by atoms with Gasteiger partial charge in [-0.25, -0.2) is 0 Å². The first kappa shape index (κ1) is 31.6. The number of nitrogens with zero attached hydrogens (tertiary/aromatic N) is 3. The Morgan fingerprint density at radius 3 is 2.08 bits per heavy atom. The van der Waals surface area contributed by atoms with Crippen molar-refractivity contribution in [2.45, 2.75) is 26.2 Å². The molecule has 52 heavy (non-hydrogen) atoms. The molecule has 1 aliphatic rings. The summed E-state index contributed by atoms with van der Waals surface area (Å²) in [6.45, 7) is 6.54. The molecule has 0 atom stereocenters. The molecule has 250 valence electrons. The van der Waals surface area contributed by atoms with Gasteiger partial charge in [-0.15, -0.1) is 0 Å². The molecule has 0 fully saturated rings. The van der Waals surface area contributed by atoms with Crippen LogP contribution < -0.4 is 26.0 Å². The molecule has 0 amide bonds. The van der Waals surface area contributed by atoms with E-state index in [0.29, 0.717) is 5.75 Å². The van der Waals surface area contributed by atoms with Gasteiger partial charge in [0.2, 0.25) is 0 Å². The maximum Gasteiger partial charge on any atom is 0.272 e. The molecule has 0 aliphatic carbocycles. The van der Waals surface area contributed by atoms with Gasteiger partial charge in [0.05, 0.1) is 22.3 Å². The van der Waals surface area contributed by atoms with Crippen molar-refractivity contribution >= 4 is 34.1 Å². The van der Waals surface area contributed by atoms with Crippen molar-refractivity contribution in [2.24, 2.45) is 0 Å². The Kier molecular flexibility index (Phi) is 7.73. The van der Waals surface area contributed by atoms with Gasteiger partial charge in [-0.3, -0.25) is 9.97 Å². The van der Waals surface area contributed by atoms with Crippen LogP contribution in [-0.4, -0.2) is 21.2 Å². The van der Waals surface area contributed by atoms with Crippen LogP contribution in [0.5, 0.6) is 23.0 Å². The highest BCUT2D eigenvalue weighted by atomic mass is 16.5. The van der Waals surface area contributed by atoms with Crippen molar-refractivity contribution in [2.75, 3.05) is 0 Å². The number of pyridine rings is 2. The van der Waals surface area contributed by atoms with Gasteiger partial charge in [-0.2, -0.15) is 0 Å². The molecule has 0 saturated heterocycles. The van der Waals surface area contributed by atoms with Gasteiger partial charge in [-0.05, 0) is 71.0 Å². The van der Waals surface area contributed by atoms with E-state index in [1.165, 1.54) is 11.0 Å². The fourth-order valence-corrected chi connectivity index (χ4v) is 7.28. The summed E-state index contributed by atoms with van der Waals surface area (Å²) in [6, 6.07) is 52.1. The van der Waals surface area contributed by atoms with E-state index in [1.54, 1.807) is 0 Å². The zero-order valence-corrected chi connectivity index (χ0v) is 29.3. The molecule has 4 heterocycles. The molecular weight excluding hydrogens is 637 g/mol. The third kappa shape index (κ3) is 5.63. The first-order valence-corrected chi connectivity index (χ1v) is 17.7. The largest absolute Gasteiger partial charge is 0.457 e. The highest BCUT2D eigenvalue weighted by Crippen LogP contribution is 2.41. The number of para-hydroxylation sites is 2. The van der Waals surface area contributed by atoms with Gasteiger partial charge in [-0.1, -0.05) is 123 Å². The number of fused-ring (bicyclic) bond motifs is 4. The van der Waals surface area contributed by atoms with Gasteiger partial charge >= 0.3 is 0 Å². The van der Waals surface area contributed by atoms with Crippen LogP contribution in [0.15, 0.2) is 164 Å². The van der Waals surface area contributed by atoms with Crippen LogP contribution in [0.3, 0.4) is 0 Å². The van der Waals surface area contributed by atoms with E-state index < -0.39 is 0 Å². The highest BCUT2D eigenvalue weighted by molar-refractivity contribution is 6.96. The molecular formula is C46H36BN3O2. The fourth-order valence-electron chi connectivity index (χ4n) is 7.28. The summed E-state index contributed by atoms with van der Waals surface area (Å²) in [5.74, 6) is 3.12. The number of aromatic nitrogens is 3. The van der Waals surface area contributed by atoms with Crippen LogP contribution in [0.1, 0.15) is 26.3 Å². The Morgan fingerprint density at radius 1 is 0.654 bits per heavy atom. The van der Waals surface area contributed by atoms with Crippen molar-refractivity contribution in [1.29, 1.82) is 0 Å². The van der Waals surface area contributed by atoms with Crippen LogP contribution in [-0.2, 0) is 5.41 Å². The van der Waals surface area contributed by atoms with Crippen molar-refractivity contribution < 1.29 is 9.47 Å². The Morgan fingerprint density at radius 2 is 1.35 bits per heavy atom. The lowest BCUT2D eigenvalue weighted by molar-refractivity contribution is 0.483. The lowest BCUT2D eigenvalue weighted by Crippen LogP contribution is -2.56. The fraction of sp³-hybridized carbons (Fsp3) is 0.0870. The summed E-state index contributed by atoms with van der Waals surface area (Å²) >= 11 is 0. The smallest absolute Gasteiger partial charge is 0.272 e. The third-order valence-electron chi connectivity index (χ3n) is 9.84. The molecule has 5 aromatic carbocycles. The highest BCUT2D eigenvalue weighted by Gasteiger charge is 2.38. The van der Waals surface area contributed by atoms with Gasteiger partial charge in [0.25, 0.3) is 6.71 Å². The van der Waals surface area contributed by atoms with Gasteiger partial charge in [0, 0.05) is 34.8 Å². The van der Waals surface area contributed by atoms with Crippen molar-refractivity contribution in [3.8, 4) is 51.2 Å². The maximum atomic E-state index is 6.92. The van der Waals surface area contributed by atoms with Crippen molar-refractivity contribution in [1.82, 2.24) is 14.5 Å². The Hall–Kier alpha value is -6.40. The topological polar surface area (TPSA) is 49.2 Å². The molecule has 1 aliphatic heterocycles. The Balaban J connectivity index is 1.16. The molecule has 0 N–H and O–H groups in total. The van der Waals surface area contributed by atoms with Crippen LogP contribution in [0.4, 0.5) is 0 Å². The zero-order chi connectivity index (χ0) is 35.2. The predicted molar refractivity (Wildman–Crippen MR) is 213 cm³/mol. The first-order chi connectivity index (χ1) is 25.4. The zero-order valence-electron chi connectivity index (χ0n) is 29.3. The van der Waals surface area contributed by atoms with E-state index in [2.05, 4.69) is 141 Å². The minimum Gasteiger partial charge on any atom is -0.457 e. The SMILES string of the molecule is CC(C)(C)c1ccc(-c2cccc(Oc3cccc(-c4nccc5c4c4c(n5-c5ccccc5)B(c5ccccc5)c5ccccc5O4)c3)c2)nc1. The molecule has 0 radical (unpaired) electrons. The minimum atomic E-state index is -0.0531. The Labute approximate surface area is 304 Å². The molecule has 3 aromatic heterocycles. The summed E-state index contributed by atoms with van der Waals surface area (Å²) < 4.78 is 15.8.